The van der Waals surface area contributed by atoms with Crippen molar-refractivity contribution >= 4 is 68.1 Å². The van der Waals surface area contributed by atoms with Crippen LogP contribution in [-0.4, -0.2) is 4.57 Å². The van der Waals surface area contributed by atoms with Gasteiger partial charge in [-0.25, -0.2) is 0 Å². The van der Waals surface area contributed by atoms with Gasteiger partial charge in [-0.3, -0.25) is 13.9 Å². The Morgan fingerprint density at radius 1 is 0.351 bits per heavy atom. The third-order valence-electron chi connectivity index (χ3n) is 11.8. The van der Waals surface area contributed by atoms with Crippen molar-refractivity contribution in [2.75, 3.05) is 9.34 Å². The molecule has 57 heavy (non-hydrogen) atoms. The van der Waals surface area contributed by atoms with E-state index in [4.69, 9.17) is 0 Å². The number of benzene rings is 9. The summed E-state index contributed by atoms with van der Waals surface area (Å²) in [7, 11) is -3.67. The standard InChI is InChI=1S/C52H34N3OP/c56-57(51-32-29-44-41-22-11-10-21-40(41)43-24-14-25-45(51)52(43)44)54(38-17-6-2-7-18-38)49-31-28-36(34-50(49)55(57)39-19-8-3-9-20-39)35-27-30-48-46(33-35)42-23-12-13-26-47(42)53(48)37-15-4-1-5-16-37/h1-34H. The summed E-state index contributed by atoms with van der Waals surface area (Å²) in [6.45, 7) is 0. The molecule has 268 valence electrons. The Morgan fingerprint density at radius 3 is 1.60 bits per heavy atom. The second-order valence-electron chi connectivity index (χ2n) is 14.9. The fourth-order valence-electron chi connectivity index (χ4n) is 9.43. The van der Waals surface area contributed by atoms with Gasteiger partial charge < -0.3 is 4.57 Å². The minimum Gasteiger partial charge on any atom is -0.309 e. The maximum Gasteiger partial charge on any atom is 0.302 e. The molecule has 1 atom stereocenters. The molecule has 0 bridgehead atoms. The summed E-state index contributed by atoms with van der Waals surface area (Å²) in [4.78, 5) is 0. The van der Waals surface area contributed by atoms with E-state index in [2.05, 4.69) is 184 Å². The van der Waals surface area contributed by atoms with E-state index in [0.29, 0.717) is 0 Å². The van der Waals surface area contributed by atoms with Crippen molar-refractivity contribution in [2.45, 2.75) is 0 Å². The Kier molecular flexibility index (Phi) is 6.87. The molecule has 1 aliphatic heterocycles. The zero-order chi connectivity index (χ0) is 37.7. The third-order valence-corrected chi connectivity index (χ3v) is 14.8. The molecule has 4 nitrogen and oxygen atoms in total. The average molecular weight is 748 g/mol. The van der Waals surface area contributed by atoms with Crippen molar-refractivity contribution in [1.29, 1.82) is 0 Å². The minimum absolute atomic E-state index is 0.816. The van der Waals surface area contributed by atoms with E-state index >= 15 is 4.57 Å². The topological polar surface area (TPSA) is 28.5 Å². The number of rotatable bonds is 5. The zero-order valence-electron chi connectivity index (χ0n) is 30.8. The van der Waals surface area contributed by atoms with Gasteiger partial charge in [-0.1, -0.05) is 133 Å². The van der Waals surface area contributed by atoms with Gasteiger partial charge in [0.2, 0.25) is 0 Å². The Hall–Kier alpha value is -7.13. The molecule has 5 heteroatoms. The van der Waals surface area contributed by atoms with Gasteiger partial charge in [-0.15, -0.1) is 0 Å². The quantitative estimate of drug-likeness (QED) is 0.164. The first kappa shape index (κ1) is 32.1. The second-order valence-corrected chi connectivity index (χ2v) is 17.2. The highest BCUT2D eigenvalue weighted by molar-refractivity contribution is 7.76. The molecule has 9 aromatic carbocycles. The predicted octanol–water partition coefficient (Wildman–Crippen LogP) is 14.1. The fourth-order valence-corrected chi connectivity index (χ4v) is 12.6. The maximum atomic E-state index is 17.0. The third kappa shape index (κ3) is 4.53. The van der Waals surface area contributed by atoms with Gasteiger partial charge in [-0.05, 0) is 117 Å². The molecule has 0 saturated heterocycles. The maximum absolute atomic E-state index is 17.0. The van der Waals surface area contributed by atoms with Gasteiger partial charge in [-0.2, -0.15) is 0 Å². The van der Waals surface area contributed by atoms with Gasteiger partial charge in [0.25, 0.3) is 0 Å². The van der Waals surface area contributed by atoms with Crippen molar-refractivity contribution in [3.63, 3.8) is 0 Å². The van der Waals surface area contributed by atoms with Gasteiger partial charge in [0, 0.05) is 27.8 Å². The molecule has 1 unspecified atom stereocenters. The van der Waals surface area contributed by atoms with Crippen LogP contribution in [0.4, 0.5) is 22.7 Å². The smallest absolute Gasteiger partial charge is 0.302 e. The molecule has 10 aromatic rings. The second kappa shape index (κ2) is 12.2. The normalized spacial score (nSPS) is 15.4. The van der Waals surface area contributed by atoms with Gasteiger partial charge >= 0.3 is 7.44 Å². The van der Waals surface area contributed by atoms with Gasteiger partial charge in [0.1, 0.15) is 0 Å². The first-order valence-electron chi connectivity index (χ1n) is 19.4. The molecular formula is C52H34N3OP. The predicted molar refractivity (Wildman–Crippen MR) is 239 cm³/mol. The van der Waals surface area contributed by atoms with E-state index in [0.717, 1.165) is 61.2 Å². The summed E-state index contributed by atoms with van der Waals surface area (Å²) in [5, 5.41) is 5.39. The summed E-state index contributed by atoms with van der Waals surface area (Å²) in [6.07, 6.45) is 0. The molecule has 12 rings (SSSR count). The van der Waals surface area contributed by atoms with E-state index in [1.165, 1.54) is 38.5 Å². The van der Waals surface area contributed by atoms with Crippen LogP contribution in [0, 0.1) is 0 Å². The Morgan fingerprint density at radius 2 is 0.877 bits per heavy atom. The average Bonchev–Trinajstić information content (AvgIpc) is 3.88. The molecular weight excluding hydrogens is 714 g/mol. The van der Waals surface area contributed by atoms with Crippen molar-refractivity contribution in [3.05, 3.63) is 206 Å². The van der Waals surface area contributed by atoms with Crippen LogP contribution in [0.15, 0.2) is 206 Å². The lowest BCUT2D eigenvalue weighted by Crippen LogP contribution is -2.27. The van der Waals surface area contributed by atoms with E-state index in [1.54, 1.807) is 0 Å². The van der Waals surface area contributed by atoms with E-state index in [1.807, 2.05) is 36.4 Å². The Bertz CT molecular complexity index is 3250. The molecule has 0 saturated carbocycles. The number of para-hydroxylation sites is 4. The lowest BCUT2D eigenvalue weighted by molar-refractivity contribution is 0.582. The highest BCUT2D eigenvalue weighted by Gasteiger charge is 2.50. The number of hydrogen-bond acceptors (Lipinski definition) is 1. The summed E-state index contributed by atoms with van der Waals surface area (Å²) in [6, 6.07) is 72.5. The SMILES string of the molecule is O=P1(c2ccc3c4c(cccc24)-c2ccccc2-3)N(c2ccccc2)c2ccc(-c3ccc4c(c3)c3ccccc3n4-c3ccccc3)cc2N1c1ccccc1. The minimum atomic E-state index is -3.67. The van der Waals surface area contributed by atoms with E-state index in [-0.39, 0.29) is 0 Å². The van der Waals surface area contributed by atoms with Gasteiger partial charge in [0.05, 0.1) is 27.7 Å². The molecule has 0 spiro atoms. The van der Waals surface area contributed by atoms with Crippen LogP contribution < -0.4 is 14.6 Å². The summed E-state index contributed by atoms with van der Waals surface area (Å²) >= 11 is 0. The van der Waals surface area contributed by atoms with Crippen LogP contribution in [0.5, 0.6) is 0 Å². The lowest BCUT2D eigenvalue weighted by Gasteiger charge is -2.34. The molecule has 1 aromatic heterocycles. The molecule has 2 heterocycles. The van der Waals surface area contributed by atoms with Crippen molar-refractivity contribution in [2.24, 2.45) is 0 Å². The molecule has 2 aliphatic rings. The van der Waals surface area contributed by atoms with Crippen LogP contribution in [0.1, 0.15) is 0 Å². The summed E-state index contributed by atoms with van der Waals surface area (Å²) in [5.74, 6) is 0. The molecule has 0 amide bonds. The molecule has 0 fully saturated rings. The molecule has 1 aliphatic carbocycles. The van der Waals surface area contributed by atoms with Crippen LogP contribution >= 0.6 is 7.44 Å². The highest BCUT2D eigenvalue weighted by atomic mass is 31.2. The van der Waals surface area contributed by atoms with Crippen LogP contribution in [0.3, 0.4) is 0 Å². The lowest BCUT2D eigenvalue weighted by atomic mass is 10.0. The highest BCUT2D eigenvalue weighted by Crippen LogP contribution is 2.71. The zero-order valence-corrected chi connectivity index (χ0v) is 31.7. The summed E-state index contributed by atoms with van der Waals surface area (Å²) in [5.41, 5.74) is 14.0. The monoisotopic (exact) mass is 747 g/mol. The van der Waals surface area contributed by atoms with E-state index < -0.39 is 7.44 Å². The Balaban J connectivity index is 1.10. The van der Waals surface area contributed by atoms with Crippen LogP contribution in [-0.2, 0) is 4.57 Å². The van der Waals surface area contributed by atoms with Crippen molar-refractivity contribution in [1.82, 2.24) is 4.57 Å². The number of fused-ring (bicyclic) bond motifs is 7. The van der Waals surface area contributed by atoms with Crippen LogP contribution in [0.2, 0.25) is 0 Å². The number of anilines is 4. The summed E-state index contributed by atoms with van der Waals surface area (Å²) < 4.78 is 23.6. The first-order chi connectivity index (χ1) is 28.2. The largest absolute Gasteiger partial charge is 0.309 e. The fraction of sp³-hybridized carbons (Fsp3) is 0. The van der Waals surface area contributed by atoms with Crippen molar-refractivity contribution in [3.8, 4) is 39.1 Å². The first-order valence-corrected chi connectivity index (χ1v) is 21.0. The van der Waals surface area contributed by atoms with E-state index in [9.17, 15) is 0 Å². The number of nitrogens with zero attached hydrogens (tertiary/aromatic N) is 3. The van der Waals surface area contributed by atoms with Gasteiger partial charge in [0.15, 0.2) is 0 Å². The molecule has 0 radical (unpaired) electrons. The van der Waals surface area contributed by atoms with Crippen molar-refractivity contribution < 1.29 is 4.57 Å². The van der Waals surface area contributed by atoms with Crippen LogP contribution in [0.25, 0.3) is 71.6 Å². The molecule has 0 N–H and O–H groups in total. The Labute approximate surface area is 330 Å². The number of aromatic nitrogens is 1. The number of hydrogen-bond donors (Lipinski definition) is 0.